The number of urea groups is 1. The highest BCUT2D eigenvalue weighted by atomic mass is 16.2. The molecule has 0 aliphatic carbocycles. The SMILES string of the molecule is C=C(C)CN1CCC(NC(=O)N2CCn3cnnc3C2)CC1. The van der Waals surface area contributed by atoms with Gasteiger partial charge in [-0.05, 0) is 19.8 Å². The maximum absolute atomic E-state index is 12.4. The normalized spacial score (nSPS) is 19.8. The Bertz CT molecular complexity index is 546. The lowest BCUT2D eigenvalue weighted by Gasteiger charge is -2.34. The van der Waals surface area contributed by atoms with Crippen LogP contribution in [-0.2, 0) is 13.1 Å². The first kappa shape index (κ1) is 15.0. The molecule has 1 saturated heterocycles. The predicted octanol–water partition coefficient (Wildman–Crippen LogP) is 0.844. The Hall–Kier alpha value is -1.89. The van der Waals surface area contributed by atoms with E-state index in [9.17, 15) is 4.79 Å². The van der Waals surface area contributed by atoms with Crippen LogP contribution in [-0.4, -0.2) is 62.8 Å². The minimum Gasteiger partial charge on any atom is -0.335 e. The summed E-state index contributed by atoms with van der Waals surface area (Å²) in [7, 11) is 0. The first-order chi connectivity index (χ1) is 10.6. The third kappa shape index (κ3) is 3.47. The van der Waals surface area contributed by atoms with Crippen molar-refractivity contribution in [3.63, 3.8) is 0 Å². The summed E-state index contributed by atoms with van der Waals surface area (Å²) in [6.45, 7) is 11.0. The highest BCUT2D eigenvalue weighted by Gasteiger charge is 2.25. The van der Waals surface area contributed by atoms with E-state index in [0.29, 0.717) is 13.1 Å². The summed E-state index contributed by atoms with van der Waals surface area (Å²) in [6, 6.07) is 0.293. The van der Waals surface area contributed by atoms with Gasteiger partial charge in [-0.2, -0.15) is 0 Å². The van der Waals surface area contributed by atoms with Crippen molar-refractivity contribution in [2.75, 3.05) is 26.2 Å². The monoisotopic (exact) mass is 304 g/mol. The average Bonchev–Trinajstić information content (AvgIpc) is 2.96. The van der Waals surface area contributed by atoms with Gasteiger partial charge >= 0.3 is 6.03 Å². The zero-order valence-electron chi connectivity index (χ0n) is 13.2. The van der Waals surface area contributed by atoms with Crippen molar-refractivity contribution in [3.05, 3.63) is 24.3 Å². The first-order valence-corrected chi connectivity index (χ1v) is 7.90. The lowest BCUT2D eigenvalue weighted by atomic mass is 10.0. The third-order valence-electron chi connectivity index (χ3n) is 4.33. The van der Waals surface area contributed by atoms with Crippen LogP contribution in [0, 0.1) is 0 Å². The summed E-state index contributed by atoms with van der Waals surface area (Å²) in [4.78, 5) is 16.6. The molecule has 0 saturated carbocycles. The van der Waals surface area contributed by atoms with Crippen LogP contribution in [0.3, 0.4) is 0 Å². The summed E-state index contributed by atoms with van der Waals surface area (Å²) < 4.78 is 2.00. The van der Waals surface area contributed by atoms with Crippen LogP contribution in [0.4, 0.5) is 4.79 Å². The molecule has 7 heteroatoms. The van der Waals surface area contributed by atoms with Crippen LogP contribution in [0.15, 0.2) is 18.5 Å². The molecule has 22 heavy (non-hydrogen) atoms. The molecular weight excluding hydrogens is 280 g/mol. The Morgan fingerprint density at radius 2 is 2.14 bits per heavy atom. The van der Waals surface area contributed by atoms with Gasteiger partial charge in [-0.25, -0.2) is 4.79 Å². The van der Waals surface area contributed by atoms with E-state index in [1.165, 1.54) is 5.57 Å². The molecule has 1 fully saturated rings. The highest BCUT2D eigenvalue weighted by molar-refractivity contribution is 5.74. The summed E-state index contributed by atoms with van der Waals surface area (Å²) in [5.74, 6) is 0.859. The number of hydrogen-bond donors (Lipinski definition) is 1. The van der Waals surface area contributed by atoms with Crippen LogP contribution in [0.2, 0.25) is 0 Å². The molecule has 1 N–H and O–H groups in total. The fourth-order valence-electron chi connectivity index (χ4n) is 3.12. The van der Waals surface area contributed by atoms with Gasteiger partial charge < -0.3 is 14.8 Å². The van der Waals surface area contributed by atoms with Crippen molar-refractivity contribution >= 4 is 6.03 Å². The van der Waals surface area contributed by atoms with Crippen LogP contribution in [0.1, 0.15) is 25.6 Å². The van der Waals surface area contributed by atoms with E-state index in [2.05, 4.69) is 33.9 Å². The van der Waals surface area contributed by atoms with Gasteiger partial charge in [-0.1, -0.05) is 12.2 Å². The molecule has 2 amide bonds. The Balaban J connectivity index is 1.46. The molecule has 7 nitrogen and oxygen atoms in total. The predicted molar refractivity (Wildman–Crippen MR) is 83.2 cm³/mol. The number of carbonyl (C=O) groups is 1. The van der Waals surface area contributed by atoms with E-state index in [-0.39, 0.29) is 12.1 Å². The molecule has 0 bridgehead atoms. The van der Waals surface area contributed by atoms with Crippen LogP contribution >= 0.6 is 0 Å². The van der Waals surface area contributed by atoms with Gasteiger partial charge in [-0.3, -0.25) is 4.90 Å². The van der Waals surface area contributed by atoms with Crippen LogP contribution in [0.5, 0.6) is 0 Å². The number of likely N-dealkylation sites (tertiary alicyclic amines) is 1. The second-order valence-corrected chi connectivity index (χ2v) is 6.32. The Labute approximate surface area is 131 Å². The number of nitrogens with zero attached hydrogens (tertiary/aromatic N) is 5. The fraction of sp³-hybridized carbons (Fsp3) is 0.667. The van der Waals surface area contributed by atoms with Gasteiger partial charge in [0.1, 0.15) is 6.33 Å². The van der Waals surface area contributed by atoms with Crippen LogP contribution in [0.25, 0.3) is 0 Å². The third-order valence-corrected chi connectivity index (χ3v) is 4.33. The zero-order chi connectivity index (χ0) is 15.5. The number of carbonyl (C=O) groups excluding carboxylic acids is 1. The van der Waals surface area contributed by atoms with E-state index in [0.717, 1.165) is 44.8 Å². The molecule has 0 spiro atoms. The number of fused-ring (bicyclic) bond motifs is 1. The number of rotatable bonds is 3. The Morgan fingerprint density at radius 1 is 1.36 bits per heavy atom. The lowest BCUT2D eigenvalue weighted by molar-refractivity contribution is 0.165. The molecule has 1 aromatic heterocycles. The van der Waals surface area contributed by atoms with Gasteiger partial charge in [0.15, 0.2) is 5.82 Å². The van der Waals surface area contributed by atoms with E-state index in [4.69, 9.17) is 0 Å². The molecule has 0 atom stereocenters. The summed E-state index contributed by atoms with van der Waals surface area (Å²) in [5, 5.41) is 11.1. The second kappa shape index (κ2) is 6.48. The number of hydrogen-bond acceptors (Lipinski definition) is 4. The molecule has 2 aliphatic rings. The topological polar surface area (TPSA) is 66.3 Å². The highest BCUT2D eigenvalue weighted by Crippen LogP contribution is 2.13. The number of amides is 2. The van der Waals surface area contributed by atoms with Crippen LogP contribution < -0.4 is 5.32 Å². The summed E-state index contributed by atoms with van der Waals surface area (Å²) in [6.07, 6.45) is 3.73. The van der Waals surface area contributed by atoms with Gasteiger partial charge in [-0.15, -0.1) is 10.2 Å². The molecule has 120 valence electrons. The Morgan fingerprint density at radius 3 is 2.86 bits per heavy atom. The lowest BCUT2D eigenvalue weighted by Crippen LogP contribution is -2.50. The van der Waals surface area contributed by atoms with Gasteiger partial charge in [0.05, 0.1) is 6.54 Å². The van der Waals surface area contributed by atoms with E-state index in [1.807, 2.05) is 9.47 Å². The summed E-state index contributed by atoms with van der Waals surface area (Å²) >= 11 is 0. The molecule has 3 rings (SSSR count). The van der Waals surface area contributed by atoms with Gasteiger partial charge in [0.25, 0.3) is 0 Å². The molecule has 3 heterocycles. The van der Waals surface area contributed by atoms with Crippen molar-refractivity contribution in [1.29, 1.82) is 0 Å². The number of piperidine rings is 1. The van der Waals surface area contributed by atoms with Crippen molar-refractivity contribution in [1.82, 2.24) is 29.9 Å². The minimum atomic E-state index is 0.0209. The standard InChI is InChI=1S/C15H24N6O/c1-12(2)9-19-5-3-13(4-6-19)17-15(22)20-7-8-21-11-16-18-14(21)10-20/h11,13H,1,3-10H2,2H3,(H,17,22). The molecule has 0 radical (unpaired) electrons. The molecular formula is C15H24N6O. The van der Waals surface area contributed by atoms with Gasteiger partial charge in [0, 0.05) is 38.8 Å². The zero-order valence-corrected chi connectivity index (χ0v) is 13.2. The van der Waals surface area contributed by atoms with Crippen molar-refractivity contribution < 1.29 is 4.79 Å². The minimum absolute atomic E-state index is 0.0209. The molecule has 1 aromatic rings. The second-order valence-electron chi connectivity index (χ2n) is 6.32. The fourth-order valence-corrected chi connectivity index (χ4v) is 3.12. The van der Waals surface area contributed by atoms with E-state index >= 15 is 0 Å². The largest absolute Gasteiger partial charge is 0.335 e. The smallest absolute Gasteiger partial charge is 0.318 e. The van der Waals surface area contributed by atoms with Crippen molar-refractivity contribution in [3.8, 4) is 0 Å². The maximum Gasteiger partial charge on any atom is 0.318 e. The average molecular weight is 304 g/mol. The Kier molecular flexibility index (Phi) is 4.42. The molecule has 0 aromatic carbocycles. The first-order valence-electron chi connectivity index (χ1n) is 7.90. The molecule has 2 aliphatic heterocycles. The van der Waals surface area contributed by atoms with Crippen molar-refractivity contribution in [2.45, 2.75) is 38.9 Å². The maximum atomic E-state index is 12.4. The number of nitrogens with one attached hydrogen (secondary N) is 1. The molecule has 0 unspecified atom stereocenters. The van der Waals surface area contributed by atoms with E-state index < -0.39 is 0 Å². The van der Waals surface area contributed by atoms with Crippen molar-refractivity contribution in [2.24, 2.45) is 0 Å². The van der Waals surface area contributed by atoms with E-state index in [1.54, 1.807) is 6.33 Å². The quantitative estimate of drug-likeness (QED) is 0.841. The summed E-state index contributed by atoms with van der Waals surface area (Å²) in [5.41, 5.74) is 1.19. The number of aromatic nitrogens is 3. The van der Waals surface area contributed by atoms with Gasteiger partial charge in [0.2, 0.25) is 0 Å².